The fraction of sp³-hybridized carbons (Fsp3) is 0.0909. The van der Waals surface area contributed by atoms with Gasteiger partial charge in [-0.1, -0.05) is 60.7 Å². The van der Waals surface area contributed by atoms with Crippen LogP contribution in [-0.2, 0) is 0 Å². The van der Waals surface area contributed by atoms with Crippen LogP contribution in [0.25, 0.3) is 34.2 Å². The van der Waals surface area contributed by atoms with Crippen LogP contribution >= 0.6 is 0 Å². The first-order valence-corrected chi connectivity index (χ1v) is 8.90. The number of rotatable bonds is 5. The predicted octanol–water partition coefficient (Wildman–Crippen LogP) is 4.70. The Hall–Kier alpha value is -3.60. The molecule has 1 N–H and O–H groups in total. The molecule has 0 atom stereocenters. The van der Waals surface area contributed by atoms with Crippen LogP contribution in [0, 0.1) is 0 Å². The fourth-order valence-electron chi connectivity index (χ4n) is 2.75. The highest BCUT2D eigenvalue weighted by atomic mass is 15.0. The van der Waals surface area contributed by atoms with Gasteiger partial charge in [0.1, 0.15) is 5.82 Å². The number of pyridine rings is 1. The molecule has 0 unspecified atom stereocenters. The van der Waals surface area contributed by atoms with E-state index in [1.165, 1.54) is 0 Å². The number of hydrogen-bond acceptors (Lipinski definition) is 5. The molecule has 0 bridgehead atoms. The molecule has 0 saturated carbocycles. The molecule has 2 aromatic carbocycles. The van der Waals surface area contributed by atoms with Gasteiger partial charge in [0.25, 0.3) is 0 Å². The molecular weight excluding hydrogens is 334 g/mol. The van der Waals surface area contributed by atoms with Gasteiger partial charge in [-0.15, -0.1) is 0 Å². The van der Waals surface area contributed by atoms with Crippen molar-refractivity contribution < 1.29 is 0 Å². The Bertz CT molecular complexity index is 958. The second-order valence-corrected chi connectivity index (χ2v) is 6.00. The average molecular weight is 353 g/mol. The molecule has 4 rings (SSSR count). The first kappa shape index (κ1) is 16.8. The Balaban J connectivity index is 1.83. The highest BCUT2D eigenvalue weighted by Crippen LogP contribution is 2.24. The Kier molecular flexibility index (Phi) is 4.83. The van der Waals surface area contributed by atoms with E-state index in [4.69, 9.17) is 15.0 Å². The molecule has 0 fully saturated rings. The van der Waals surface area contributed by atoms with Gasteiger partial charge in [0.2, 0.25) is 0 Å². The Morgan fingerprint density at radius 2 is 1.15 bits per heavy atom. The number of nitrogens with zero attached hydrogens (tertiary/aromatic N) is 4. The van der Waals surface area contributed by atoms with Crippen LogP contribution in [0.1, 0.15) is 6.92 Å². The topological polar surface area (TPSA) is 63.6 Å². The number of hydrogen-bond donors (Lipinski definition) is 1. The quantitative estimate of drug-likeness (QED) is 0.563. The summed E-state index contributed by atoms with van der Waals surface area (Å²) in [5.74, 6) is 2.74. The smallest absolute Gasteiger partial charge is 0.165 e. The van der Waals surface area contributed by atoms with Crippen LogP contribution < -0.4 is 5.32 Å². The summed E-state index contributed by atoms with van der Waals surface area (Å²) in [4.78, 5) is 18.5. The van der Waals surface area contributed by atoms with E-state index in [1.807, 2.05) is 79.7 Å². The first-order chi connectivity index (χ1) is 13.3. The van der Waals surface area contributed by atoms with E-state index < -0.39 is 0 Å². The summed E-state index contributed by atoms with van der Waals surface area (Å²) < 4.78 is 0. The van der Waals surface area contributed by atoms with Gasteiger partial charge in [-0.25, -0.2) is 19.9 Å². The number of anilines is 1. The summed E-state index contributed by atoms with van der Waals surface area (Å²) in [7, 11) is 0. The zero-order valence-electron chi connectivity index (χ0n) is 15.0. The number of aromatic nitrogens is 4. The van der Waals surface area contributed by atoms with Crippen LogP contribution in [-0.4, -0.2) is 26.5 Å². The van der Waals surface area contributed by atoms with Crippen molar-refractivity contribution in [3.05, 3.63) is 79.0 Å². The van der Waals surface area contributed by atoms with E-state index in [2.05, 4.69) is 10.3 Å². The summed E-state index contributed by atoms with van der Waals surface area (Å²) in [6, 6.07) is 23.8. The Morgan fingerprint density at radius 1 is 0.630 bits per heavy atom. The van der Waals surface area contributed by atoms with Gasteiger partial charge >= 0.3 is 0 Å². The summed E-state index contributed by atoms with van der Waals surface area (Å²) in [5.41, 5.74) is 2.76. The van der Waals surface area contributed by atoms with Crippen LogP contribution in [0.3, 0.4) is 0 Å². The lowest BCUT2D eigenvalue weighted by Gasteiger charge is -2.08. The minimum Gasteiger partial charge on any atom is -0.370 e. The lowest BCUT2D eigenvalue weighted by molar-refractivity contribution is 1.07. The molecule has 132 valence electrons. The maximum absolute atomic E-state index is 4.69. The van der Waals surface area contributed by atoms with E-state index in [9.17, 15) is 0 Å². The molecule has 0 aliphatic heterocycles. The standard InChI is InChI=1S/C22H19N5/c1-2-23-19-14-13-18(15-24-19)22-26-20(16-9-5-3-6-10-16)25-21(27-22)17-11-7-4-8-12-17/h3-15H,2H2,1H3,(H,23,24). The van der Waals surface area contributed by atoms with Crippen LogP contribution in [0.15, 0.2) is 79.0 Å². The van der Waals surface area contributed by atoms with Gasteiger partial charge in [0, 0.05) is 29.4 Å². The van der Waals surface area contributed by atoms with E-state index >= 15 is 0 Å². The van der Waals surface area contributed by atoms with E-state index in [1.54, 1.807) is 6.20 Å². The maximum atomic E-state index is 4.69. The molecule has 2 heterocycles. The molecular formula is C22H19N5. The Morgan fingerprint density at radius 3 is 1.59 bits per heavy atom. The van der Waals surface area contributed by atoms with E-state index in [-0.39, 0.29) is 0 Å². The fourth-order valence-corrected chi connectivity index (χ4v) is 2.75. The molecule has 2 aromatic heterocycles. The second-order valence-electron chi connectivity index (χ2n) is 6.00. The third kappa shape index (κ3) is 3.82. The van der Waals surface area contributed by atoms with Crippen LogP contribution in [0.4, 0.5) is 5.82 Å². The molecule has 0 radical (unpaired) electrons. The normalized spacial score (nSPS) is 10.6. The summed E-state index contributed by atoms with van der Waals surface area (Å²) in [5, 5.41) is 3.20. The summed E-state index contributed by atoms with van der Waals surface area (Å²) in [6.45, 7) is 2.87. The van der Waals surface area contributed by atoms with Gasteiger partial charge in [-0.05, 0) is 19.1 Å². The van der Waals surface area contributed by atoms with E-state index in [0.717, 1.165) is 29.1 Å². The third-order valence-corrected chi connectivity index (χ3v) is 4.08. The zero-order valence-corrected chi connectivity index (χ0v) is 15.0. The molecule has 0 amide bonds. The van der Waals surface area contributed by atoms with Gasteiger partial charge in [-0.3, -0.25) is 0 Å². The molecule has 0 saturated heterocycles. The minimum atomic E-state index is 0.609. The average Bonchev–Trinajstić information content (AvgIpc) is 2.75. The van der Waals surface area contributed by atoms with Crippen molar-refractivity contribution in [1.29, 1.82) is 0 Å². The third-order valence-electron chi connectivity index (χ3n) is 4.08. The highest BCUT2D eigenvalue weighted by Gasteiger charge is 2.12. The molecule has 0 aliphatic carbocycles. The number of benzene rings is 2. The zero-order chi connectivity index (χ0) is 18.5. The van der Waals surface area contributed by atoms with E-state index in [0.29, 0.717) is 17.5 Å². The number of nitrogens with one attached hydrogen (secondary N) is 1. The van der Waals surface area contributed by atoms with Crippen molar-refractivity contribution in [2.24, 2.45) is 0 Å². The second kappa shape index (κ2) is 7.74. The van der Waals surface area contributed by atoms with Gasteiger partial charge in [0.05, 0.1) is 0 Å². The molecule has 27 heavy (non-hydrogen) atoms. The molecule has 5 nitrogen and oxygen atoms in total. The first-order valence-electron chi connectivity index (χ1n) is 8.90. The van der Waals surface area contributed by atoms with Crippen molar-refractivity contribution in [2.45, 2.75) is 6.92 Å². The predicted molar refractivity (Wildman–Crippen MR) is 108 cm³/mol. The Labute approximate surface area is 158 Å². The van der Waals surface area contributed by atoms with Crippen molar-refractivity contribution in [1.82, 2.24) is 19.9 Å². The van der Waals surface area contributed by atoms with Crippen molar-refractivity contribution in [2.75, 3.05) is 11.9 Å². The van der Waals surface area contributed by atoms with Crippen molar-refractivity contribution in [3.8, 4) is 34.2 Å². The summed E-state index contributed by atoms with van der Waals surface area (Å²) in [6.07, 6.45) is 1.79. The largest absolute Gasteiger partial charge is 0.370 e. The maximum Gasteiger partial charge on any atom is 0.165 e. The molecule has 5 heteroatoms. The highest BCUT2D eigenvalue weighted by molar-refractivity contribution is 5.66. The molecule has 0 aliphatic rings. The van der Waals surface area contributed by atoms with Crippen molar-refractivity contribution in [3.63, 3.8) is 0 Å². The lowest BCUT2D eigenvalue weighted by atomic mass is 10.1. The van der Waals surface area contributed by atoms with Gasteiger partial charge < -0.3 is 5.32 Å². The molecule has 4 aromatic rings. The minimum absolute atomic E-state index is 0.609. The monoisotopic (exact) mass is 353 g/mol. The van der Waals surface area contributed by atoms with Gasteiger partial charge in [0.15, 0.2) is 17.5 Å². The molecule has 0 spiro atoms. The van der Waals surface area contributed by atoms with Crippen molar-refractivity contribution >= 4 is 5.82 Å². The summed E-state index contributed by atoms with van der Waals surface area (Å²) >= 11 is 0. The lowest BCUT2D eigenvalue weighted by Crippen LogP contribution is -2.01. The SMILES string of the molecule is CCNc1ccc(-c2nc(-c3ccccc3)nc(-c3ccccc3)n2)cn1. The van der Waals surface area contributed by atoms with Crippen LogP contribution in [0.5, 0.6) is 0 Å². The van der Waals surface area contributed by atoms with Gasteiger partial charge in [-0.2, -0.15) is 0 Å². The van der Waals surface area contributed by atoms with Crippen LogP contribution in [0.2, 0.25) is 0 Å².